The van der Waals surface area contributed by atoms with Crippen LogP contribution < -0.4 is 10.1 Å². The average molecular weight is 522 g/mol. The fourth-order valence-corrected chi connectivity index (χ4v) is 5.52. The fourth-order valence-electron chi connectivity index (χ4n) is 5.52. The number of rotatable bonds is 10. The molecule has 0 bridgehead atoms. The maximum Gasteiger partial charge on any atom is 0.223 e. The summed E-state index contributed by atoms with van der Waals surface area (Å²) in [5.74, 6) is 0.841. The van der Waals surface area contributed by atoms with Gasteiger partial charge < -0.3 is 19.5 Å². The summed E-state index contributed by atoms with van der Waals surface area (Å²) in [6.07, 6.45) is 3.18. The quantitative estimate of drug-likeness (QED) is 0.298. The molecule has 0 fully saturated rings. The zero-order valence-corrected chi connectivity index (χ0v) is 22.3. The van der Waals surface area contributed by atoms with Gasteiger partial charge in [0.1, 0.15) is 5.75 Å². The largest absolute Gasteiger partial charge is 0.497 e. The van der Waals surface area contributed by atoms with Gasteiger partial charge in [-0.1, -0.05) is 72.8 Å². The summed E-state index contributed by atoms with van der Waals surface area (Å²) < 4.78 is 7.63. The van der Waals surface area contributed by atoms with Gasteiger partial charge in [0.15, 0.2) is 0 Å². The predicted molar refractivity (Wildman–Crippen MR) is 153 cm³/mol. The predicted octanol–water partition coefficient (Wildman–Crippen LogP) is 5.55. The first-order chi connectivity index (χ1) is 19.1. The maximum atomic E-state index is 13.4. The minimum Gasteiger partial charge on any atom is -0.497 e. The van der Waals surface area contributed by atoms with Crippen LogP contribution in [0.5, 0.6) is 5.75 Å². The average Bonchev–Trinajstić information content (AvgIpc) is 3.47. The van der Waals surface area contributed by atoms with Crippen LogP contribution >= 0.6 is 0 Å². The Hall–Kier alpha value is -4.32. The van der Waals surface area contributed by atoms with Gasteiger partial charge in [0, 0.05) is 50.3 Å². The van der Waals surface area contributed by atoms with Crippen molar-refractivity contribution in [1.82, 2.24) is 14.8 Å². The lowest BCUT2D eigenvalue weighted by Gasteiger charge is -2.37. The van der Waals surface area contributed by atoms with Crippen LogP contribution in [0.4, 0.5) is 0 Å². The smallest absolute Gasteiger partial charge is 0.223 e. The number of carbonyl (C=O) groups is 2. The molecule has 5 rings (SSSR count). The Labute approximate surface area is 230 Å². The molecule has 3 aromatic carbocycles. The lowest BCUT2D eigenvalue weighted by atomic mass is 9.88. The number of methoxy groups -OCH3 is 1. The van der Waals surface area contributed by atoms with Gasteiger partial charge in [0.2, 0.25) is 11.8 Å². The molecule has 6 nitrogen and oxygen atoms in total. The third-order valence-electron chi connectivity index (χ3n) is 7.49. The Kier molecular flexibility index (Phi) is 8.42. The highest BCUT2D eigenvalue weighted by molar-refractivity contribution is 5.84. The Morgan fingerprint density at radius 1 is 0.872 bits per heavy atom. The molecule has 0 radical (unpaired) electrons. The van der Waals surface area contributed by atoms with Gasteiger partial charge in [-0.05, 0) is 47.4 Å². The summed E-state index contributed by atoms with van der Waals surface area (Å²) in [6.45, 7) is 1.88. The van der Waals surface area contributed by atoms with E-state index in [-0.39, 0.29) is 36.6 Å². The zero-order valence-electron chi connectivity index (χ0n) is 22.3. The van der Waals surface area contributed by atoms with Crippen LogP contribution in [0.1, 0.15) is 53.6 Å². The number of benzene rings is 3. The molecule has 2 amide bonds. The zero-order chi connectivity index (χ0) is 27.0. The van der Waals surface area contributed by atoms with Crippen LogP contribution in [0.25, 0.3) is 0 Å². The summed E-state index contributed by atoms with van der Waals surface area (Å²) in [7, 11) is 1.64. The Morgan fingerprint density at radius 2 is 1.59 bits per heavy atom. The summed E-state index contributed by atoms with van der Waals surface area (Å²) in [6, 6.07) is 32.5. The number of amides is 2. The molecule has 0 aliphatic carbocycles. The highest BCUT2D eigenvalue weighted by atomic mass is 16.5. The standard InChI is InChI=1S/C33H35N3O3/c1-39-28-15-8-14-27(24-28)33-30-16-9-21-35(30)22-23-36(33)32(38)18-17-31(37)34-20-19-29(25-10-4-2-5-11-25)26-12-6-3-7-13-26/h2-16,21,24,29,33H,17-20,22-23H2,1H3,(H,34,37). The van der Waals surface area contributed by atoms with Gasteiger partial charge in [0.25, 0.3) is 0 Å². The normalized spacial score (nSPS) is 14.6. The van der Waals surface area contributed by atoms with E-state index in [0.717, 1.165) is 30.0 Å². The van der Waals surface area contributed by atoms with Gasteiger partial charge in [-0.2, -0.15) is 0 Å². The number of nitrogens with one attached hydrogen (secondary N) is 1. The van der Waals surface area contributed by atoms with E-state index in [0.29, 0.717) is 13.1 Å². The minimum absolute atomic E-state index is 0.0168. The molecule has 1 atom stereocenters. The molecule has 4 aromatic rings. The molecule has 0 saturated carbocycles. The van der Waals surface area contributed by atoms with Crippen LogP contribution in [0.3, 0.4) is 0 Å². The van der Waals surface area contributed by atoms with Gasteiger partial charge >= 0.3 is 0 Å². The second-order valence-corrected chi connectivity index (χ2v) is 9.91. The SMILES string of the molecule is COc1cccc(C2c3cccn3CCN2C(=O)CCC(=O)NCCC(c2ccccc2)c2ccccc2)c1. The van der Waals surface area contributed by atoms with Crippen molar-refractivity contribution >= 4 is 11.8 Å². The molecule has 200 valence electrons. The molecule has 1 unspecified atom stereocenters. The molecule has 1 aliphatic heterocycles. The van der Waals surface area contributed by atoms with Crippen molar-refractivity contribution in [2.45, 2.75) is 37.8 Å². The van der Waals surface area contributed by atoms with Crippen molar-refractivity contribution in [2.75, 3.05) is 20.2 Å². The van der Waals surface area contributed by atoms with E-state index in [9.17, 15) is 9.59 Å². The second-order valence-electron chi connectivity index (χ2n) is 9.91. The van der Waals surface area contributed by atoms with E-state index in [1.807, 2.05) is 71.6 Å². The van der Waals surface area contributed by atoms with Crippen molar-refractivity contribution in [3.8, 4) is 5.75 Å². The van der Waals surface area contributed by atoms with E-state index < -0.39 is 0 Å². The topological polar surface area (TPSA) is 63.6 Å². The Bertz CT molecular complexity index is 1340. The molecule has 1 aromatic heterocycles. The molecule has 39 heavy (non-hydrogen) atoms. The lowest BCUT2D eigenvalue weighted by molar-refractivity contribution is -0.136. The number of hydrogen-bond acceptors (Lipinski definition) is 3. The van der Waals surface area contributed by atoms with Crippen molar-refractivity contribution in [3.05, 3.63) is 126 Å². The number of fused-ring (bicyclic) bond motifs is 1. The summed E-state index contributed by atoms with van der Waals surface area (Å²) in [4.78, 5) is 28.1. The third kappa shape index (κ3) is 6.23. The summed E-state index contributed by atoms with van der Waals surface area (Å²) in [5, 5.41) is 3.05. The summed E-state index contributed by atoms with van der Waals surface area (Å²) in [5.41, 5.74) is 4.53. The van der Waals surface area contributed by atoms with Crippen LogP contribution in [0, 0.1) is 0 Å². The van der Waals surface area contributed by atoms with E-state index >= 15 is 0 Å². The highest BCUT2D eigenvalue weighted by Crippen LogP contribution is 2.34. The van der Waals surface area contributed by atoms with Gasteiger partial charge in [0.05, 0.1) is 13.2 Å². The van der Waals surface area contributed by atoms with Crippen LogP contribution in [0.2, 0.25) is 0 Å². The van der Waals surface area contributed by atoms with Crippen molar-refractivity contribution in [2.24, 2.45) is 0 Å². The van der Waals surface area contributed by atoms with E-state index in [4.69, 9.17) is 4.74 Å². The third-order valence-corrected chi connectivity index (χ3v) is 7.49. The molecule has 0 saturated heterocycles. The molecule has 6 heteroatoms. The number of aromatic nitrogens is 1. The van der Waals surface area contributed by atoms with Crippen LogP contribution in [-0.4, -0.2) is 41.5 Å². The van der Waals surface area contributed by atoms with Gasteiger partial charge in [-0.3, -0.25) is 9.59 Å². The maximum absolute atomic E-state index is 13.4. The first-order valence-electron chi connectivity index (χ1n) is 13.6. The second kappa shape index (κ2) is 12.5. The molecule has 1 aliphatic rings. The van der Waals surface area contributed by atoms with E-state index in [1.165, 1.54) is 11.1 Å². The van der Waals surface area contributed by atoms with E-state index in [1.54, 1.807) is 7.11 Å². The van der Waals surface area contributed by atoms with Gasteiger partial charge in [-0.15, -0.1) is 0 Å². The fraction of sp³-hybridized carbons (Fsp3) is 0.273. The molecule has 1 N–H and O–H groups in total. The molecular weight excluding hydrogens is 486 g/mol. The van der Waals surface area contributed by atoms with E-state index in [2.05, 4.69) is 46.4 Å². The molecular formula is C33H35N3O3. The van der Waals surface area contributed by atoms with Crippen LogP contribution in [-0.2, 0) is 16.1 Å². The first kappa shape index (κ1) is 26.3. The van der Waals surface area contributed by atoms with Crippen LogP contribution in [0.15, 0.2) is 103 Å². The number of hydrogen-bond donors (Lipinski definition) is 1. The highest BCUT2D eigenvalue weighted by Gasteiger charge is 2.32. The monoisotopic (exact) mass is 521 g/mol. The minimum atomic E-state index is -0.211. The molecule has 0 spiro atoms. The van der Waals surface area contributed by atoms with Crippen molar-refractivity contribution in [1.29, 1.82) is 0 Å². The summed E-state index contributed by atoms with van der Waals surface area (Å²) >= 11 is 0. The lowest BCUT2D eigenvalue weighted by Crippen LogP contribution is -2.42. The van der Waals surface area contributed by atoms with Crippen molar-refractivity contribution < 1.29 is 14.3 Å². The number of ether oxygens (including phenoxy) is 1. The van der Waals surface area contributed by atoms with Crippen molar-refractivity contribution in [3.63, 3.8) is 0 Å². The Balaban J connectivity index is 1.20. The molecule has 2 heterocycles. The number of carbonyl (C=O) groups excluding carboxylic acids is 2. The number of nitrogens with zero attached hydrogens (tertiary/aromatic N) is 2. The first-order valence-corrected chi connectivity index (χ1v) is 13.6. The Morgan fingerprint density at radius 3 is 2.28 bits per heavy atom. The van der Waals surface area contributed by atoms with Gasteiger partial charge in [-0.25, -0.2) is 0 Å².